The second kappa shape index (κ2) is 6.14. The minimum Gasteiger partial charge on any atom is -0.394 e. The van der Waals surface area contributed by atoms with E-state index < -0.39 is 0 Å². The highest BCUT2D eigenvalue weighted by atomic mass is 16.7. The van der Waals surface area contributed by atoms with Crippen LogP contribution in [0.4, 0.5) is 0 Å². The Kier molecular flexibility index (Phi) is 4.79. The van der Waals surface area contributed by atoms with Crippen LogP contribution in [-0.2, 0) is 9.47 Å². The third-order valence-corrected chi connectivity index (χ3v) is 3.92. The van der Waals surface area contributed by atoms with Gasteiger partial charge in [-0.25, -0.2) is 0 Å². The van der Waals surface area contributed by atoms with Crippen LogP contribution in [0.1, 0.15) is 33.1 Å². The maximum Gasteiger partial charge on any atom is 0.158 e. The SMILES string of the molecule is CC(C)N1CCC(CC2OCC(CO)O2)CC1. The number of hydrogen-bond donors (Lipinski definition) is 1. The molecule has 0 aromatic rings. The molecule has 0 radical (unpaired) electrons. The Hall–Kier alpha value is -0.160. The molecule has 0 spiro atoms. The molecule has 0 aliphatic carbocycles. The van der Waals surface area contributed by atoms with Crippen LogP contribution in [0, 0.1) is 5.92 Å². The maximum absolute atomic E-state index is 8.97. The number of nitrogens with zero attached hydrogens (tertiary/aromatic N) is 1. The summed E-state index contributed by atoms with van der Waals surface area (Å²) < 4.78 is 11.1. The first-order valence-electron chi connectivity index (χ1n) is 6.81. The normalized spacial score (nSPS) is 32.5. The highest BCUT2D eigenvalue weighted by molar-refractivity contribution is 4.76. The number of rotatable bonds is 4. The molecular weight excluding hydrogens is 218 g/mol. The molecule has 2 aliphatic rings. The summed E-state index contributed by atoms with van der Waals surface area (Å²) in [5.41, 5.74) is 0. The molecular formula is C13H25NO3. The van der Waals surface area contributed by atoms with Gasteiger partial charge in [0.25, 0.3) is 0 Å². The fraction of sp³-hybridized carbons (Fsp3) is 1.00. The Balaban J connectivity index is 1.68. The van der Waals surface area contributed by atoms with E-state index in [1.54, 1.807) is 0 Å². The van der Waals surface area contributed by atoms with Gasteiger partial charge < -0.3 is 19.5 Å². The van der Waals surface area contributed by atoms with E-state index in [2.05, 4.69) is 18.7 Å². The Morgan fingerprint density at radius 3 is 2.53 bits per heavy atom. The number of hydrogen-bond acceptors (Lipinski definition) is 4. The van der Waals surface area contributed by atoms with Gasteiger partial charge in [-0.2, -0.15) is 0 Å². The van der Waals surface area contributed by atoms with Crippen molar-refractivity contribution in [2.45, 2.75) is 51.5 Å². The number of piperidine rings is 1. The molecule has 2 rings (SSSR count). The van der Waals surface area contributed by atoms with Gasteiger partial charge in [0.15, 0.2) is 6.29 Å². The number of likely N-dealkylation sites (tertiary alicyclic amines) is 1. The molecule has 1 N–H and O–H groups in total. The summed E-state index contributed by atoms with van der Waals surface area (Å²) in [6.07, 6.45) is 3.29. The quantitative estimate of drug-likeness (QED) is 0.806. The number of ether oxygens (including phenoxy) is 2. The van der Waals surface area contributed by atoms with Gasteiger partial charge in [0.05, 0.1) is 13.2 Å². The van der Waals surface area contributed by atoms with E-state index in [9.17, 15) is 0 Å². The third kappa shape index (κ3) is 3.65. The maximum atomic E-state index is 8.97. The zero-order valence-electron chi connectivity index (χ0n) is 11.0. The smallest absolute Gasteiger partial charge is 0.158 e. The predicted molar refractivity (Wildman–Crippen MR) is 65.7 cm³/mol. The average molecular weight is 243 g/mol. The van der Waals surface area contributed by atoms with Crippen molar-refractivity contribution in [3.8, 4) is 0 Å². The van der Waals surface area contributed by atoms with Crippen molar-refractivity contribution in [3.63, 3.8) is 0 Å². The molecule has 0 saturated carbocycles. The second-order valence-electron chi connectivity index (χ2n) is 5.51. The van der Waals surface area contributed by atoms with Crippen LogP contribution in [0.5, 0.6) is 0 Å². The van der Waals surface area contributed by atoms with Gasteiger partial charge in [-0.1, -0.05) is 0 Å². The Labute approximate surface area is 104 Å². The molecule has 0 aromatic heterocycles. The van der Waals surface area contributed by atoms with Gasteiger partial charge >= 0.3 is 0 Å². The summed E-state index contributed by atoms with van der Waals surface area (Å²) in [7, 11) is 0. The zero-order valence-corrected chi connectivity index (χ0v) is 11.0. The van der Waals surface area contributed by atoms with Crippen LogP contribution in [0.3, 0.4) is 0 Å². The van der Waals surface area contributed by atoms with Gasteiger partial charge in [-0.15, -0.1) is 0 Å². The standard InChI is InChI=1S/C13H25NO3/c1-10(2)14-5-3-11(4-6-14)7-13-16-9-12(8-15)17-13/h10-13,15H,3-9H2,1-2H3. The Morgan fingerprint density at radius 1 is 1.29 bits per heavy atom. The molecule has 2 heterocycles. The van der Waals surface area contributed by atoms with E-state index in [1.165, 1.54) is 25.9 Å². The lowest BCUT2D eigenvalue weighted by Gasteiger charge is -2.35. The summed E-state index contributed by atoms with van der Waals surface area (Å²) >= 11 is 0. The van der Waals surface area contributed by atoms with E-state index in [0.29, 0.717) is 18.6 Å². The van der Waals surface area contributed by atoms with Gasteiger partial charge in [0.2, 0.25) is 0 Å². The number of aliphatic hydroxyl groups is 1. The molecule has 2 aliphatic heterocycles. The molecule has 2 saturated heterocycles. The van der Waals surface area contributed by atoms with Crippen molar-refractivity contribution in [1.29, 1.82) is 0 Å². The second-order valence-corrected chi connectivity index (χ2v) is 5.51. The predicted octanol–water partition coefficient (Wildman–Crippen LogP) is 1.23. The molecule has 2 atom stereocenters. The molecule has 100 valence electrons. The summed E-state index contributed by atoms with van der Waals surface area (Å²) in [5, 5.41) is 8.97. The van der Waals surface area contributed by atoms with Gasteiger partial charge in [0, 0.05) is 12.5 Å². The minimum absolute atomic E-state index is 0.0717. The lowest BCUT2D eigenvalue weighted by Crippen LogP contribution is -2.39. The van der Waals surface area contributed by atoms with Gasteiger partial charge in [0.1, 0.15) is 6.10 Å². The van der Waals surface area contributed by atoms with Crippen LogP contribution >= 0.6 is 0 Å². The zero-order chi connectivity index (χ0) is 12.3. The van der Waals surface area contributed by atoms with Crippen molar-refractivity contribution in [1.82, 2.24) is 4.90 Å². The molecule has 2 unspecified atom stereocenters. The van der Waals surface area contributed by atoms with E-state index in [-0.39, 0.29) is 19.0 Å². The van der Waals surface area contributed by atoms with E-state index in [1.807, 2.05) is 0 Å². The summed E-state index contributed by atoms with van der Waals surface area (Å²) in [4.78, 5) is 2.53. The van der Waals surface area contributed by atoms with Crippen molar-refractivity contribution >= 4 is 0 Å². The molecule has 0 aromatic carbocycles. The Morgan fingerprint density at radius 2 is 2.00 bits per heavy atom. The van der Waals surface area contributed by atoms with E-state index in [0.717, 1.165) is 6.42 Å². The van der Waals surface area contributed by atoms with Crippen LogP contribution in [0.25, 0.3) is 0 Å². The molecule has 0 amide bonds. The largest absolute Gasteiger partial charge is 0.394 e. The van der Waals surface area contributed by atoms with Crippen LogP contribution in [0.15, 0.2) is 0 Å². The van der Waals surface area contributed by atoms with E-state index in [4.69, 9.17) is 14.6 Å². The summed E-state index contributed by atoms with van der Waals surface area (Å²) in [6.45, 7) is 7.52. The fourth-order valence-electron chi connectivity index (χ4n) is 2.70. The first kappa shape index (κ1) is 13.3. The summed E-state index contributed by atoms with van der Waals surface area (Å²) in [6, 6.07) is 0.661. The van der Waals surface area contributed by atoms with Crippen LogP contribution in [0.2, 0.25) is 0 Å². The van der Waals surface area contributed by atoms with Crippen LogP contribution in [-0.4, -0.2) is 54.7 Å². The van der Waals surface area contributed by atoms with Crippen LogP contribution < -0.4 is 0 Å². The Bertz CT molecular complexity index is 227. The highest BCUT2D eigenvalue weighted by Gasteiger charge is 2.29. The monoisotopic (exact) mass is 243 g/mol. The van der Waals surface area contributed by atoms with Crippen molar-refractivity contribution in [3.05, 3.63) is 0 Å². The molecule has 4 heteroatoms. The minimum atomic E-state index is -0.101. The van der Waals surface area contributed by atoms with Gasteiger partial charge in [-0.05, 0) is 45.7 Å². The molecule has 4 nitrogen and oxygen atoms in total. The van der Waals surface area contributed by atoms with Crippen molar-refractivity contribution in [2.24, 2.45) is 5.92 Å². The highest BCUT2D eigenvalue weighted by Crippen LogP contribution is 2.26. The summed E-state index contributed by atoms with van der Waals surface area (Å²) in [5.74, 6) is 0.715. The fourth-order valence-corrected chi connectivity index (χ4v) is 2.70. The molecule has 0 bridgehead atoms. The average Bonchev–Trinajstić information content (AvgIpc) is 2.77. The topological polar surface area (TPSA) is 41.9 Å². The van der Waals surface area contributed by atoms with Crippen molar-refractivity contribution in [2.75, 3.05) is 26.3 Å². The first-order valence-corrected chi connectivity index (χ1v) is 6.81. The lowest BCUT2D eigenvalue weighted by atomic mass is 9.92. The number of aliphatic hydroxyl groups excluding tert-OH is 1. The lowest BCUT2D eigenvalue weighted by molar-refractivity contribution is -0.0819. The van der Waals surface area contributed by atoms with Crippen molar-refractivity contribution < 1.29 is 14.6 Å². The van der Waals surface area contributed by atoms with Gasteiger partial charge in [-0.3, -0.25) is 0 Å². The first-order chi connectivity index (χ1) is 8.19. The molecule has 2 fully saturated rings. The van der Waals surface area contributed by atoms with E-state index >= 15 is 0 Å². The third-order valence-electron chi connectivity index (χ3n) is 3.92. The molecule has 17 heavy (non-hydrogen) atoms.